The number of hydrogen-bond donors (Lipinski definition) is 0. The van der Waals surface area contributed by atoms with E-state index in [4.69, 9.17) is 0 Å². The highest BCUT2D eigenvalue weighted by molar-refractivity contribution is 5.85. The van der Waals surface area contributed by atoms with Gasteiger partial charge >= 0.3 is 0 Å². The van der Waals surface area contributed by atoms with Gasteiger partial charge in [0.15, 0.2) is 0 Å². The van der Waals surface area contributed by atoms with Crippen molar-refractivity contribution in [2.75, 3.05) is 40.8 Å². The summed E-state index contributed by atoms with van der Waals surface area (Å²) in [6.07, 6.45) is 1.08. The number of benzene rings is 1. The molecule has 5 nitrogen and oxygen atoms in total. The van der Waals surface area contributed by atoms with E-state index in [1.807, 2.05) is 68.2 Å². The second-order valence-corrected chi connectivity index (χ2v) is 6.74. The third kappa shape index (κ3) is 4.15. The quantitative estimate of drug-likeness (QED) is 0.801. The molecular weight excluding hydrogens is 302 g/mol. The Hall–Kier alpha value is -1.88. The maximum atomic E-state index is 13.0. The first-order valence-electron chi connectivity index (χ1n) is 8.69. The van der Waals surface area contributed by atoms with Crippen LogP contribution in [0.3, 0.4) is 0 Å². The smallest absolute Gasteiger partial charge is 0.227 e. The lowest BCUT2D eigenvalue weighted by molar-refractivity contribution is -0.147. The Labute approximate surface area is 145 Å². The lowest BCUT2D eigenvalue weighted by Gasteiger charge is -2.41. The van der Waals surface area contributed by atoms with Crippen molar-refractivity contribution in [3.05, 3.63) is 35.9 Å². The molecule has 24 heavy (non-hydrogen) atoms. The fraction of sp³-hybridized carbons (Fsp3) is 0.579. The number of piperidine rings is 1. The summed E-state index contributed by atoms with van der Waals surface area (Å²) >= 11 is 0. The molecule has 0 bridgehead atoms. The molecule has 2 rings (SSSR count). The molecule has 1 saturated heterocycles. The van der Waals surface area contributed by atoms with Crippen LogP contribution in [0.15, 0.2) is 30.3 Å². The Morgan fingerprint density at radius 3 is 2.42 bits per heavy atom. The molecule has 1 aromatic carbocycles. The first-order valence-corrected chi connectivity index (χ1v) is 8.69. The zero-order chi connectivity index (χ0) is 17.7. The molecule has 0 aromatic heterocycles. The number of nitrogens with zero attached hydrogens (tertiary/aromatic N) is 3. The molecule has 2 amide bonds. The highest BCUT2D eigenvalue weighted by Crippen LogP contribution is 2.37. The van der Waals surface area contributed by atoms with Gasteiger partial charge in [0.1, 0.15) is 0 Å². The molecule has 0 spiro atoms. The molecule has 132 valence electrons. The minimum atomic E-state index is -0.169. The molecule has 0 N–H and O–H groups in total. The van der Waals surface area contributed by atoms with E-state index in [-0.39, 0.29) is 23.8 Å². The van der Waals surface area contributed by atoms with Crippen molar-refractivity contribution >= 4 is 11.8 Å². The summed E-state index contributed by atoms with van der Waals surface area (Å²) in [7, 11) is 5.87. The van der Waals surface area contributed by atoms with Gasteiger partial charge in [-0.3, -0.25) is 9.59 Å². The fourth-order valence-corrected chi connectivity index (χ4v) is 3.39. The molecule has 5 heteroatoms. The lowest BCUT2D eigenvalue weighted by atomic mass is 9.83. The van der Waals surface area contributed by atoms with Crippen molar-refractivity contribution in [2.45, 2.75) is 25.8 Å². The molecule has 0 aliphatic carbocycles. The fourth-order valence-electron chi connectivity index (χ4n) is 3.39. The molecular formula is C19H29N3O2. The van der Waals surface area contributed by atoms with Gasteiger partial charge < -0.3 is 14.7 Å². The lowest BCUT2D eigenvalue weighted by Crippen LogP contribution is -2.49. The number of carbonyl (C=O) groups is 2. The monoisotopic (exact) mass is 331 g/mol. The highest BCUT2D eigenvalue weighted by Gasteiger charge is 2.40. The van der Waals surface area contributed by atoms with Crippen molar-refractivity contribution < 1.29 is 9.59 Å². The highest BCUT2D eigenvalue weighted by atomic mass is 16.2. The summed E-state index contributed by atoms with van der Waals surface area (Å²) in [6.45, 7) is 4.14. The molecule has 1 aliphatic rings. The normalized spacial score (nSPS) is 21.2. The van der Waals surface area contributed by atoms with Crippen LogP contribution in [0.2, 0.25) is 0 Å². The summed E-state index contributed by atoms with van der Waals surface area (Å²) in [4.78, 5) is 31.1. The SMILES string of the molecule is CCN1C(=O)CC[C@@H](C(=O)N(C)CCN(C)C)[C@@H]1c1ccccc1. The molecule has 0 saturated carbocycles. The van der Waals surface area contributed by atoms with Crippen molar-refractivity contribution in [3.8, 4) is 0 Å². The van der Waals surface area contributed by atoms with Crippen molar-refractivity contribution in [1.82, 2.24) is 14.7 Å². The predicted molar refractivity (Wildman–Crippen MR) is 95.5 cm³/mol. The standard InChI is InChI=1S/C19H29N3O2/c1-5-22-17(23)12-11-16(18(22)15-9-7-6-8-10-15)19(24)21(4)14-13-20(2)3/h6-10,16,18H,5,11-14H2,1-4H3/t16-,18+/m1/s1. The molecule has 1 heterocycles. The van der Waals surface area contributed by atoms with Gasteiger partial charge in [-0.2, -0.15) is 0 Å². The first-order chi connectivity index (χ1) is 11.5. The first kappa shape index (κ1) is 18.5. The van der Waals surface area contributed by atoms with Gasteiger partial charge in [0, 0.05) is 33.1 Å². The van der Waals surface area contributed by atoms with Crippen LogP contribution >= 0.6 is 0 Å². The van der Waals surface area contributed by atoms with E-state index in [9.17, 15) is 9.59 Å². The van der Waals surface area contributed by atoms with Crippen LogP contribution in [0.1, 0.15) is 31.4 Å². The number of rotatable bonds is 6. The third-order valence-electron chi connectivity index (χ3n) is 4.76. The van der Waals surface area contributed by atoms with E-state index in [2.05, 4.69) is 4.90 Å². The van der Waals surface area contributed by atoms with Crippen LogP contribution in [0.25, 0.3) is 0 Å². The molecule has 2 atom stereocenters. The van der Waals surface area contributed by atoms with Gasteiger partial charge in [-0.25, -0.2) is 0 Å². The van der Waals surface area contributed by atoms with E-state index in [0.29, 0.717) is 25.9 Å². The Bertz CT molecular complexity index is 559. The van der Waals surface area contributed by atoms with E-state index in [0.717, 1.165) is 12.1 Å². The van der Waals surface area contributed by atoms with Crippen LogP contribution in [0.5, 0.6) is 0 Å². The maximum absolute atomic E-state index is 13.0. The van der Waals surface area contributed by atoms with Crippen LogP contribution in [-0.4, -0.2) is 67.3 Å². The number of hydrogen-bond acceptors (Lipinski definition) is 3. The second-order valence-electron chi connectivity index (χ2n) is 6.74. The van der Waals surface area contributed by atoms with Crippen molar-refractivity contribution in [3.63, 3.8) is 0 Å². The van der Waals surface area contributed by atoms with E-state index >= 15 is 0 Å². The average Bonchev–Trinajstić information content (AvgIpc) is 2.59. The zero-order valence-corrected chi connectivity index (χ0v) is 15.2. The Kier molecular flexibility index (Phi) is 6.37. The largest absolute Gasteiger partial charge is 0.344 e. The van der Waals surface area contributed by atoms with Crippen LogP contribution in [0, 0.1) is 5.92 Å². The van der Waals surface area contributed by atoms with Gasteiger partial charge in [-0.15, -0.1) is 0 Å². The summed E-state index contributed by atoms with van der Waals surface area (Å²) < 4.78 is 0. The van der Waals surface area contributed by atoms with Gasteiger partial charge in [-0.05, 0) is 33.0 Å². The molecule has 1 aliphatic heterocycles. The summed E-state index contributed by atoms with van der Waals surface area (Å²) in [5, 5.41) is 0. The minimum absolute atomic E-state index is 0.136. The number of carbonyl (C=O) groups excluding carboxylic acids is 2. The van der Waals surface area contributed by atoms with Gasteiger partial charge in [0.2, 0.25) is 11.8 Å². The second kappa shape index (κ2) is 8.29. The van der Waals surface area contributed by atoms with Gasteiger partial charge in [-0.1, -0.05) is 30.3 Å². The summed E-state index contributed by atoms with van der Waals surface area (Å²) in [5.41, 5.74) is 1.05. The molecule has 1 aromatic rings. The molecule has 1 fully saturated rings. The average molecular weight is 331 g/mol. The van der Waals surface area contributed by atoms with Crippen molar-refractivity contribution in [2.24, 2.45) is 5.92 Å². The number of amides is 2. The molecule has 0 unspecified atom stereocenters. The van der Waals surface area contributed by atoms with Gasteiger partial charge in [0.05, 0.1) is 12.0 Å². The maximum Gasteiger partial charge on any atom is 0.227 e. The predicted octanol–water partition coefficient (Wildman–Crippen LogP) is 2.01. The Morgan fingerprint density at radius 1 is 1.17 bits per heavy atom. The summed E-state index contributed by atoms with van der Waals surface area (Å²) in [5.74, 6) is 0.111. The summed E-state index contributed by atoms with van der Waals surface area (Å²) in [6, 6.07) is 9.79. The van der Waals surface area contributed by atoms with E-state index in [1.54, 1.807) is 0 Å². The molecule has 0 radical (unpaired) electrons. The Morgan fingerprint density at radius 2 is 1.83 bits per heavy atom. The number of likely N-dealkylation sites (tertiary alicyclic amines) is 1. The van der Waals surface area contributed by atoms with Crippen molar-refractivity contribution in [1.29, 1.82) is 0 Å². The van der Waals surface area contributed by atoms with Crippen LogP contribution in [0.4, 0.5) is 0 Å². The van der Waals surface area contributed by atoms with Gasteiger partial charge in [0.25, 0.3) is 0 Å². The zero-order valence-electron chi connectivity index (χ0n) is 15.2. The van der Waals surface area contributed by atoms with Crippen LogP contribution < -0.4 is 0 Å². The van der Waals surface area contributed by atoms with E-state index < -0.39 is 0 Å². The number of likely N-dealkylation sites (N-methyl/N-ethyl adjacent to an activating group) is 2. The third-order valence-corrected chi connectivity index (χ3v) is 4.76. The minimum Gasteiger partial charge on any atom is -0.344 e. The topological polar surface area (TPSA) is 43.9 Å². The van der Waals surface area contributed by atoms with Crippen LogP contribution in [-0.2, 0) is 9.59 Å². The Balaban J connectivity index is 2.25. The van der Waals surface area contributed by atoms with E-state index in [1.165, 1.54) is 0 Å².